The first-order valence-corrected chi connectivity index (χ1v) is 7.77. The van der Waals surface area contributed by atoms with Crippen molar-refractivity contribution in [2.45, 2.75) is 45.4 Å². The number of ether oxygens (including phenoxy) is 3. The first-order chi connectivity index (χ1) is 9.41. The quantitative estimate of drug-likeness (QED) is 0.440. The van der Waals surface area contributed by atoms with E-state index in [9.17, 15) is 0 Å². The van der Waals surface area contributed by atoms with Crippen LogP contribution < -0.4 is 5.32 Å². The maximum absolute atomic E-state index is 5.56. The molecule has 0 rings (SSSR count). The van der Waals surface area contributed by atoms with Gasteiger partial charge in [0, 0.05) is 26.9 Å². The summed E-state index contributed by atoms with van der Waals surface area (Å²) in [5.41, 5.74) is 0. The van der Waals surface area contributed by atoms with Gasteiger partial charge in [-0.3, -0.25) is 0 Å². The molecule has 0 fully saturated rings. The summed E-state index contributed by atoms with van der Waals surface area (Å²) >= 11 is 0. The summed E-state index contributed by atoms with van der Waals surface area (Å²) in [6, 6.07) is 0. The van der Waals surface area contributed by atoms with E-state index in [1.54, 1.807) is 7.11 Å². The Kier molecular flexibility index (Phi) is 17.7. The summed E-state index contributed by atoms with van der Waals surface area (Å²) in [7, 11) is 1.69. The average molecular weight is 275 g/mol. The number of rotatable bonds is 16. The van der Waals surface area contributed by atoms with Crippen molar-refractivity contribution in [3.63, 3.8) is 0 Å². The van der Waals surface area contributed by atoms with Crippen LogP contribution in [-0.2, 0) is 14.2 Å². The number of hydrogen-bond donors (Lipinski definition) is 1. The third-order valence-corrected chi connectivity index (χ3v) is 2.83. The van der Waals surface area contributed by atoms with Gasteiger partial charge in [-0.05, 0) is 38.8 Å². The Labute approximate surface area is 119 Å². The summed E-state index contributed by atoms with van der Waals surface area (Å²) in [6.45, 7) is 8.34. The zero-order valence-corrected chi connectivity index (χ0v) is 12.9. The van der Waals surface area contributed by atoms with Crippen molar-refractivity contribution in [1.29, 1.82) is 0 Å². The highest BCUT2D eigenvalue weighted by molar-refractivity contribution is 4.48. The van der Waals surface area contributed by atoms with E-state index in [4.69, 9.17) is 14.2 Å². The standard InChI is InChI=1S/C15H33NO3/c1-3-9-16-10-6-4-5-7-11-18-12-8-13-19-15-14-17-2/h16H,3-15H2,1-2H3. The smallest absolute Gasteiger partial charge is 0.0700 e. The van der Waals surface area contributed by atoms with Crippen LogP contribution in [0.15, 0.2) is 0 Å². The fourth-order valence-electron chi connectivity index (χ4n) is 1.72. The van der Waals surface area contributed by atoms with Crippen molar-refractivity contribution in [2.75, 3.05) is 53.2 Å². The van der Waals surface area contributed by atoms with Gasteiger partial charge in [-0.1, -0.05) is 19.8 Å². The minimum absolute atomic E-state index is 0.675. The Morgan fingerprint density at radius 2 is 1.37 bits per heavy atom. The highest BCUT2D eigenvalue weighted by Crippen LogP contribution is 1.99. The molecule has 0 radical (unpaired) electrons. The van der Waals surface area contributed by atoms with Crippen LogP contribution in [0.3, 0.4) is 0 Å². The second kappa shape index (κ2) is 17.8. The molecule has 0 bridgehead atoms. The maximum atomic E-state index is 5.56. The van der Waals surface area contributed by atoms with Crippen LogP contribution in [0.4, 0.5) is 0 Å². The summed E-state index contributed by atoms with van der Waals surface area (Å²) in [5, 5.41) is 3.42. The molecule has 19 heavy (non-hydrogen) atoms. The van der Waals surface area contributed by atoms with E-state index in [0.717, 1.165) is 39.3 Å². The topological polar surface area (TPSA) is 39.7 Å². The molecule has 0 heterocycles. The van der Waals surface area contributed by atoms with Crippen molar-refractivity contribution in [3.8, 4) is 0 Å². The molecule has 0 saturated heterocycles. The van der Waals surface area contributed by atoms with Gasteiger partial charge < -0.3 is 19.5 Å². The largest absolute Gasteiger partial charge is 0.382 e. The molecule has 0 saturated carbocycles. The Morgan fingerprint density at radius 3 is 2.11 bits per heavy atom. The molecule has 0 amide bonds. The first kappa shape index (κ1) is 18.8. The van der Waals surface area contributed by atoms with Crippen molar-refractivity contribution >= 4 is 0 Å². The maximum Gasteiger partial charge on any atom is 0.0700 e. The molecule has 0 aliphatic carbocycles. The van der Waals surface area contributed by atoms with Gasteiger partial charge in [-0.25, -0.2) is 0 Å². The van der Waals surface area contributed by atoms with Crippen LogP contribution in [0.25, 0.3) is 0 Å². The van der Waals surface area contributed by atoms with Crippen LogP contribution in [-0.4, -0.2) is 53.2 Å². The zero-order chi connectivity index (χ0) is 14.0. The van der Waals surface area contributed by atoms with Crippen LogP contribution in [0.1, 0.15) is 45.4 Å². The average Bonchev–Trinajstić information content (AvgIpc) is 2.43. The Morgan fingerprint density at radius 1 is 0.684 bits per heavy atom. The molecule has 0 aromatic carbocycles. The van der Waals surface area contributed by atoms with Gasteiger partial charge in [0.1, 0.15) is 0 Å². The minimum atomic E-state index is 0.675. The number of nitrogens with one attached hydrogen (secondary N) is 1. The predicted molar refractivity (Wildman–Crippen MR) is 79.8 cm³/mol. The van der Waals surface area contributed by atoms with Gasteiger partial charge in [-0.15, -0.1) is 0 Å². The lowest BCUT2D eigenvalue weighted by Crippen LogP contribution is -2.15. The Hall–Kier alpha value is -0.160. The monoisotopic (exact) mass is 275 g/mol. The summed E-state index contributed by atoms with van der Waals surface area (Å²) in [6.07, 6.45) is 7.25. The third kappa shape index (κ3) is 17.8. The first-order valence-electron chi connectivity index (χ1n) is 7.77. The van der Waals surface area contributed by atoms with E-state index >= 15 is 0 Å². The lowest BCUT2D eigenvalue weighted by atomic mass is 10.2. The second-order valence-electron chi connectivity index (χ2n) is 4.74. The van der Waals surface area contributed by atoms with E-state index in [2.05, 4.69) is 12.2 Å². The van der Waals surface area contributed by atoms with Gasteiger partial charge in [0.2, 0.25) is 0 Å². The summed E-state index contributed by atoms with van der Waals surface area (Å²) in [5.74, 6) is 0. The molecule has 0 aromatic rings. The Balaban J connectivity index is 2.88. The minimum Gasteiger partial charge on any atom is -0.382 e. The molecule has 0 aliphatic heterocycles. The number of unbranched alkanes of at least 4 members (excludes halogenated alkanes) is 3. The lowest BCUT2D eigenvalue weighted by molar-refractivity contribution is 0.0508. The molecule has 0 spiro atoms. The molecule has 0 unspecified atom stereocenters. The normalized spacial score (nSPS) is 11.1. The SMILES string of the molecule is CCCNCCCCCCOCCCOCCOC. The summed E-state index contributed by atoms with van der Waals surface area (Å²) in [4.78, 5) is 0. The zero-order valence-electron chi connectivity index (χ0n) is 12.9. The molecule has 0 aromatic heterocycles. The highest BCUT2D eigenvalue weighted by atomic mass is 16.5. The number of hydrogen-bond acceptors (Lipinski definition) is 4. The van der Waals surface area contributed by atoms with Gasteiger partial charge in [-0.2, -0.15) is 0 Å². The Bertz CT molecular complexity index is 140. The summed E-state index contributed by atoms with van der Waals surface area (Å²) < 4.78 is 15.8. The van der Waals surface area contributed by atoms with E-state index in [1.165, 1.54) is 32.1 Å². The van der Waals surface area contributed by atoms with Crippen molar-refractivity contribution in [2.24, 2.45) is 0 Å². The van der Waals surface area contributed by atoms with E-state index < -0.39 is 0 Å². The molecule has 116 valence electrons. The van der Waals surface area contributed by atoms with Crippen molar-refractivity contribution < 1.29 is 14.2 Å². The molecule has 4 nitrogen and oxygen atoms in total. The third-order valence-electron chi connectivity index (χ3n) is 2.83. The van der Waals surface area contributed by atoms with Crippen molar-refractivity contribution in [1.82, 2.24) is 5.32 Å². The second-order valence-corrected chi connectivity index (χ2v) is 4.74. The molecule has 0 atom stereocenters. The van der Waals surface area contributed by atoms with E-state index in [-0.39, 0.29) is 0 Å². The molecular weight excluding hydrogens is 242 g/mol. The lowest BCUT2D eigenvalue weighted by Gasteiger charge is -2.06. The molecule has 0 aliphatic rings. The van der Waals surface area contributed by atoms with Crippen LogP contribution in [0, 0.1) is 0 Å². The molecule has 1 N–H and O–H groups in total. The molecule has 4 heteroatoms. The van der Waals surface area contributed by atoms with Gasteiger partial charge in [0.05, 0.1) is 13.2 Å². The molecular formula is C15H33NO3. The highest BCUT2D eigenvalue weighted by Gasteiger charge is 1.93. The van der Waals surface area contributed by atoms with E-state index in [1.807, 2.05) is 0 Å². The van der Waals surface area contributed by atoms with Gasteiger partial charge in [0.15, 0.2) is 0 Å². The van der Waals surface area contributed by atoms with Crippen LogP contribution in [0.2, 0.25) is 0 Å². The fourth-order valence-corrected chi connectivity index (χ4v) is 1.72. The van der Waals surface area contributed by atoms with Crippen molar-refractivity contribution in [3.05, 3.63) is 0 Å². The fraction of sp³-hybridized carbons (Fsp3) is 1.00. The van der Waals surface area contributed by atoms with E-state index in [0.29, 0.717) is 13.2 Å². The van der Waals surface area contributed by atoms with Crippen LogP contribution in [0.5, 0.6) is 0 Å². The number of methoxy groups -OCH3 is 1. The predicted octanol–water partition coefficient (Wildman–Crippen LogP) is 2.62. The van der Waals surface area contributed by atoms with Crippen LogP contribution >= 0.6 is 0 Å². The van der Waals surface area contributed by atoms with Gasteiger partial charge in [0.25, 0.3) is 0 Å². The van der Waals surface area contributed by atoms with Gasteiger partial charge >= 0.3 is 0 Å².